The molecule has 0 atom stereocenters. The quantitative estimate of drug-likeness (QED) is 0.598. The van der Waals surface area contributed by atoms with Crippen molar-refractivity contribution in [3.8, 4) is 0 Å². The summed E-state index contributed by atoms with van der Waals surface area (Å²) in [6, 6.07) is 4.97. The zero-order valence-electron chi connectivity index (χ0n) is 7.21. The van der Waals surface area contributed by atoms with Gasteiger partial charge in [-0.25, -0.2) is 0 Å². The first kappa shape index (κ1) is 10.0. The highest BCUT2D eigenvalue weighted by molar-refractivity contribution is 6.31. The number of hydrogen-bond donors (Lipinski definition) is 1. The molecule has 0 saturated carbocycles. The van der Waals surface area contributed by atoms with E-state index in [4.69, 9.17) is 16.4 Å². The molecule has 0 spiro atoms. The molecule has 0 aromatic heterocycles. The van der Waals surface area contributed by atoms with Gasteiger partial charge in [0.25, 0.3) is 0 Å². The molecule has 1 N–H and O–H groups in total. The number of carbonyl (C=O) groups excluding carboxylic acids is 1. The van der Waals surface area contributed by atoms with Crippen LogP contribution >= 0.6 is 11.6 Å². The van der Waals surface area contributed by atoms with Crippen LogP contribution in [0.15, 0.2) is 18.2 Å². The lowest BCUT2D eigenvalue weighted by Crippen LogP contribution is -2.02. The van der Waals surface area contributed by atoms with Crippen LogP contribution in [0.5, 0.6) is 0 Å². The molecule has 0 aliphatic carbocycles. The first-order valence-electron chi connectivity index (χ1n) is 3.90. The van der Waals surface area contributed by atoms with Gasteiger partial charge in [-0.15, -0.1) is 0 Å². The second-order valence-corrected chi connectivity index (χ2v) is 2.82. The number of nitrogens with one attached hydrogen (secondary N) is 1. The lowest BCUT2D eigenvalue weighted by molar-refractivity contribution is 0.112. The minimum Gasteiger partial charge on any atom is -0.298 e. The smallest absolute Gasteiger partial charge is 0.152 e. The van der Waals surface area contributed by atoms with Gasteiger partial charge in [0, 0.05) is 10.6 Å². The lowest BCUT2D eigenvalue weighted by atomic mass is 10.2. The molecule has 0 fully saturated rings. The molecule has 1 aromatic rings. The number of aldehydes is 1. The summed E-state index contributed by atoms with van der Waals surface area (Å²) in [6.45, 7) is 2.38. The van der Waals surface area contributed by atoms with Gasteiger partial charge in [0.15, 0.2) is 6.29 Å². The van der Waals surface area contributed by atoms with E-state index in [0.717, 1.165) is 6.29 Å². The Labute approximate surface area is 81.6 Å². The standard InChI is InChI=1S/C9H10ClNO2/c1-2-13-11-9-4-3-8(10)5-7(9)6-12/h3-6,11H,2H2,1H3. The average Bonchev–Trinajstić information content (AvgIpc) is 2.16. The van der Waals surface area contributed by atoms with Crippen LogP contribution in [0.4, 0.5) is 5.69 Å². The molecule has 4 heteroatoms. The zero-order chi connectivity index (χ0) is 9.68. The van der Waals surface area contributed by atoms with Crippen molar-refractivity contribution in [2.45, 2.75) is 6.92 Å². The van der Waals surface area contributed by atoms with Gasteiger partial charge in [-0.1, -0.05) is 11.6 Å². The highest BCUT2D eigenvalue weighted by Crippen LogP contribution is 2.18. The van der Waals surface area contributed by atoms with Gasteiger partial charge in [-0.05, 0) is 25.1 Å². The zero-order valence-corrected chi connectivity index (χ0v) is 7.97. The van der Waals surface area contributed by atoms with Gasteiger partial charge in [0.05, 0.1) is 12.3 Å². The molecule has 1 aromatic carbocycles. The largest absolute Gasteiger partial charge is 0.298 e. The molecule has 0 radical (unpaired) electrons. The van der Waals surface area contributed by atoms with Gasteiger partial charge in [-0.2, -0.15) is 0 Å². The number of anilines is 1. The highest BCUT2D eigenvalue weighted by Gasteiger charge is 2.01. The van der Waals surface area contributed by atoms with Crippen molar-refractivity contribution in [2.24, 2.45) is 0 Å². The van der Waals surface area contributed by atoms with Crippen molar-refractivity contribution < 1.29 is 9.63 Å². The molecule has 3 nitrogen and oxygen atoms in total. The van der Waals surface area contributed by atoms with E-state index in [1.54, 1.807) is 18.2 Å². The lowest BCUT2D eigenvalue weighted by Gasteiger charge is -2.07. The third-order valence-electron chi connectivity index (χ3n) is 1.47. The van der Waals surface area contributed by atoms with E-state index in [9.17, 15) is 4.79 Å². The summed E-state index contributed by atoms with van der Waals surface area (Å²) >= 11 is 5.70. The van der Waals surface area contributed by atoms with Gasteiger partial charge in [-0.3, -0.25) is 15.1 Å². The first-order valence-corrected chi connectivity index (χ1v) is 4.28. The Morgan fingerprint density at radius 3 is 3.00 bits per heavy atom. The maximum atomic E-state index is 10.6. The molecule has 0 bridgehead atoms. The maximum Gasteiger partial charge on any atom is 0.152 e. The Kier molecular flexibility index (Phi) is 3.73. The summed E-state index contributed by atoms with van der Waals surface area (Å²) in [6.07, 6.45) is 0.729. The van der Waals surface area contributed by atoms with Crippen LogP contribution in [-0.2, 0) is 4.84 Å². The first-order chi connectivity index (χ1) is 6.27. The Bertz CT molecular complexity index is 302. The Morgan fingerprint density at radius 1 is 1.62 bits per heavy atom. The minimum absolute atomic E-state index is 0.487. The molecule has 0 aliphatic heterocycles. The van der Waals surface area contributed by atoms with Crippen LogP contribution in [0, 0.1) is 0 Å². The molecule has 0 unspecified atom stereocenters. The van der Waals surface area contributed by atoms with E-state index >= 15 is 0 Å². The summed E-state index contributed by atoms with van der Waals surface area (Å²) in [7, 11) is 0. The van der Waals surface area contributed by atoms with Crippen LogP contribution < -0.4 is 5.48 Å². The monoisotopic (exact) mass is 199 g/mol. The topological polar surface area (TPSA) is 38.3 Å². The molecule has 0 amide bonds. The van der Waals surface area contributed by atoms with Crippen molar-refractivity contribution in [3.63, 3.8) is 0 Å². The van der Waals surface area contributed by atoms with Crippen molar-refractivity contribution in [3.05, 3.63) is 28.8 Å². The molecule has 70 valence electrons. The van der Waals surface area contributed by atoms with E-state index in [0.29, 0.717) is 22.9 Å². The number of benzene rings is 1. The number of carbonyl (C=O) groups is 1. The predicted molar refractivity (Wildman–Crippen MR) is 52.1 cm³/mol. The van der Waals surface area contributed by atoms with E-state index in [1.807, 2.05) is 6.92 Å². The molecule has 13 heavy (non-hydrogen) atoms. The summed E-state index contributed by atoms with van der Waals surface area (Å²) < 4.78 is 0. The van der Waals surface area contributed by atoms with Gasteiger partial charge < -0.3 is 0 Å². The molecular formula is C9H10ClNO2. The highest BCUT2D eigenvalue weighted by atomic mass is 35.5. The van der Waals surface area contributed by atoms with Gasteiger partial charge in [0.2, 0.25) is 0 Å². The van der Waals surface area contributed by atoms with E-state index in [-0.39, 0.29) is 0 Å². The third-order valence-corrected chi connectivity index (χ3v) is 1.70. The maximum absolute atomic E-state index is 10.6. The van der Waals surface area contributed by atoms with E-state index in [1.165, 1.54) is 0 Å². The van der Waals surface area contributed by atoms with Crippen LogP contribution in [0.2, 0.25) is 5.02 Å². The fourth-order valence-electron chi connectivity index (χ4n) is 0.874. The van der Waals surface area contributed by atoms with Crippen molar-refractivity contribution in [2.75, 3.05) is 12.1 Å². The Morgan fingerprint density at radius 2 is 2.38 bits per heavy atom. The van der Waals surface area contributed by atoms with E-state index in [2.05, 4.69) is 5.48 Å². The number of rotatable bonds is 4. The van der Waals surface area contributed by atoms with Crippen molar-refractivity contribution in [1.29, 1.82) is 0 Å². The Hall–Kier alpha value is -1.06. The predicted octanol–water partition coefficient (Wildman–Crippen LogP) is 2.52. The SMILES string of the molecule is CCONc1ccc(Cl)cc1C=O. The summed E-state index contributed by atoms with van der Waals surface area (Å²) in [4.78, 5) is 15.5. The van der Waals surface area contributed by atoms with Crippen LogP contribution in [0.3, 0.4) is 0 Å². The number of halogens is 1. The second-order valence-electron chi connectivity index (χ2n) is 2.38. The average molecular weight is 200 g/mol. The minimum atomic E-state index is 0.487. The van der Waals surface area contributed by atoms with Gasteiger partial charge in [0.1, 0.15) is 0 Å². The molecule has 0 saturated heterocycles. The Balaban J connectivity index is 2.86. The molecule has 1 rings (SSSR count). The number of hydrogen-bond acceptors (Lipinski definition) is 3. The van der Waals surface area contributed by atoms with Crippen molar-refractivity contribution >= 4 is 23.6 Å². The molecular weight excluding hydrogens is 190 g/mol. The van der Waals surface area contributed by atoms with Crippen LogP contribution in [0.25, 0.3) is 0 Å². The van der Waals surface area contributed by atoms with Crippen molar-refractivity contribution in [1.82, 2.24) is 0 Å². The fourth-order valence-corrected chi connectivity index (χ4v) is 1.05. The molecule has 0 aliphatic rings. The summed E-state index contributed by atoms with van der Waals surface area (Å²) in [5, 5.41) is 0.532. The van der Waals surface area contributed by atoms with Crippen LogP contribution in [0.1, 0.15) is 17.3 Å². The summed E-state index contributed by atoms with van der Waals surface area (Å²) in [5.41, 5.74) is 3.76. The third kappa shape index (κ3) is 2.72. The van der Waals surface area contributed by atoms with E-state index < -0.39 is 0 Å². The summed E-state index contributed by atoms with van der Waals surface area (Å²) in [5.74, 6) is 0. The van der Waals surface area contributed by atoms with Crippen LogP contribution in [-0.4, -0.2) is 12.9 Å². The normalized spacial score (nSPS) is 9.69. The second kappa shape index (κ2) is 4.84. The van der Waals surface area contributed by atoms with Gasteiger partial charge >= 0.3 is 0 Å². The molecule has 0 heterocycles. The fraction of sp³-hybridized carbons (Fsp3) is 0.222.